The lowest BCUT2D eigenvalue weighted by atomic mass is 10.0. The summed E-state index contributed by atoms with van der Waals surface area (Å²) in [5, 5.41) is 21.7. The lowest BCUT2D eigenvalue weighted by molar-refractivity contribution is -0.138. The Kier molecular flexibility index (Phi) is 27.2. The summed E-state index contributed by atoms with van der Waals surface area (Å²) in [5.74, 6) is 3.70. The second-order valence-electron chi connectivity index (χ2n) is 20.2. The third kappa shape index (κ3) is 24.2. The van der Waals surface area contributed by atoms with Crippen LogP contribution in [0.1, 0.15) is 108 Å². The molecule has 0 aromatic heterocycles. The van der Waals surface area contributed by atoms with Crippen LogP contribution in [0.3, 0.4) is 0 Å². The van der Waals surface area contributed by atoms with Gasteiger partial charge in [0.2, 0.25) is 17.7 Å². The van der Waals surface area contributed by atoms with Crippen LogP contribution in [0.15, 0.2) is 143 Å². The zero-order chi connectivity index (χ0) is 66.5. The van der Waals surface area contributed by atoms with Gasteiger partial charge in [0.05, 0.1) is 16.7 Å². The molecule has 6 aromatic carbocycles. The maximum absolute atomic E-state index is 12.9. The van der Waals surface area contributed by atoms with Crippen LogP contribution in [0.2, 0.25) is 0 Å². The van der Waals surface area contributed by atoms with Gasteiger partial charge in [-0.2, -0.15) is 52.1 Å². The van der Waals surface area contributed by atoms with Gasteiger partial charge in [-0.25, -0.2) is 0 Å². The first kappa shape index (κ1) is 72.5. The first-order valence-corrected chi connectivity index (χ1v) is 31.2. The maximum Gasteiger partial charge on any atom is 0.416 e. The van der Waals surface area contributed by atoms with E-state index in [9.17, 15) is 53.9 Å². The minimum Gasteiger partial charge on any atom is -0.457 e. The number of thioether (sulfide) groups is 2. The Morgan fingerprint density at radius 3 is 1.10 bits per heavy atom. The number of carbonyl (C=O) groups is 3. The molecule has 0 saturated carbocycles. The highest BCUT2D eigenvalue weighted by molar-refractivity contribution is 9.18. The highest BCUT2D eigenvalue weighted by atomic mass is 79.9. The Bertz CT molecular complexity index is 3410. The standard InChI is InChI=1S/2C21H21F3N2O3S.C17H13BrF3NO2.C4H9NOS/c2*1-13-6-7-15(19-12-20(26-29-19)30-9-8-25-14(2)27)10-18(13)28-17-5-3-4-16(11-17)21(22,23)24;1-10-5-6-11(15-9-16(18)22-24-15)7-14(10)23-13-4-2-3-12(8-13)17(19,20)21;1-4(6)5-2-3-7/h2*3-7,10-11,19H,8-9,12H2,1-2H3,(H,25,27);2-8,15H,9H2,1H3;7H,2-3H2,1H3,(H,5,6)/t2*19-;;/m10../s1. The van der Waals surface area contributed by atoms with Crippen molar-refractivity contribution >= 4 is 84.5 Å². The molecule has 3 heterocycles. The van der Waals surface area contributed by atoms with Crippen molar-refractivity contribution < 1.29 is 82.6 Å². The number of alkyl halides is 9. The highest BCUT2D eigenvalue weighted by Gasteiger charge is 2.33. The summed E-state index contributed by atoms with van der Waals surface area (Å²) in [6.07, 6.45) is -12.3. The Hall–Kier alpha value is -7.56. The number of benzene rings is 6. The smallest absolute Gasteiger partial charge is 0.416 e. The van der Waals surface area contributed by atoms with E-state index in [1.807, 2.05) is 57.2 Å². The summed E-state index contributed by atoms with van der Waals surface area (Å²) in [6, 6.07) is 30.9. The number of nitrogens with zero attached hydrogens (tertiary/aromatic N) is 3. The Morgan fingerprint density at radius 2 is 0.813 bits per heavy atom. The largest absolute Gasteiger partial charge is 0.457 e. The Labute approximate surface area is 542 Å². The SMILES string of the molecule is CC(=O)NCCS.CC(=O)NCCSC1=NO[C@@H](c2ccc(C)c(Oc3cccc(C(F)(F)F)c3)c2)C1.CC(=O)NCCSC1=NO[C@H](c2ccc(C)c(Oc3cccc(C(F)(F)F)c3)c2)C1.Cc1ccc(C2CC(Br)=NO2)cc1Oc1cccc(C(F)(F)F)c1. The van der Waals surface area contributed by atoms with Gasteiger partial charge in [0.25, 0.3) is 0 Å². The number of nitrogens with one attached hydrogen (secondary N) is 3. The molecule has 91 heavy (non-hydrogen) atoms. The molecule has 9 rings (SSSR count). The molecule has 3 N–H and O–H groups in total. The van der Waals surface area contributed by atoms with Crippen molar-refractivity contribution in [1.29, 1.82) is 0 Å². The third-order valence-electron chi connectivity index (χ3n) is 12.8. The monoisotopic (exact) mass is 1390 g/mol. The van der Waals surface area contributed by atoms with E-state index in [0.29, 0.717) is 78.0 Å². The number of hydrogen-bond acceptors (Lipinski definition) is 15. The second kappa shape index (κ2) is 34.2. The number of ether oxygens (including phenoxy) is 3. The molecule has 0 spiro atoms. The van der Waals surface area contributed by atoms with Gasteiger partial charge < -0.3 is 44.7 Å². The fraction of sp³-hybridized carbons (Fsp3) is 0.333. The lowest BCUT2D eigenvalue weighted by Crippen LogP contribution is -2.22. The van der Waals surface area contributed by atoms with Crippen molar-refractivity contribution in [3.05, 3.63) is 177 Å². The number of oxime groups is 3. The molecule has 15 nitrogen and oxygen atoms in total. The van der Waals surface area contributed by atoms with Crippen LogP contribution in [0.5, 0.6) is 34.5 Å². The third-order valence-corrected chi connectivity index (χ3v) is 15.5. The van der Waals surface area contributed by atoms with Crippen molar-refractivity contribution in [3.8, 4) is 34.5 Å². The second-order valence-corrected chi connectivity index (χ2v) is 23.9. The summed E-state index contributed by atoms with van der Waals surface area (Å²) in [7, 11) is 0. The molecule has 488 valence electrons. The van der Waals surface area contributed by atoms with Gasteiger partial charge in [-0.1, -0.05) is 70.1 Å². The van der Waals surface area contributed by atoms with Crippen LogP contribution in [0, 0.1) is 20.8 Å². The van der Waals surface area contributed by atoms with Crippen LogP contribution in [0.25, 0.3) is 0 Å². The summed E-state index contributed by atoms with van der Waals surface area (Å²) in [5.41, 5.74) is 2.62. The topological polar surface area (TPSA) is 180 Å². The zero-order valence-corrected chi connectivity index (χ0v) is 53.9. The number of rotatable bonds is 17. The molecule has 0 fully saturated rings. The van der Waals surface area contributed by atoms with Crippen LogP contribution in [-0.2, 0) is 47.4 Å². The first-order valence-electron chi connectivity index (χ1n) is 27.8. The minimum atomic E-state index is -4.43. The van der Waals surface area contributed by atoms with Gasteiger partial charge in [0.1, 0.15) is 49.2 Å². The number of hydrogen-bond donors (Lipinski definition) is 4. The molecule has 0 aliphatic carbocycles. The molecule has 3 aliphatic rings. The van der Waals surface area contributed by atoms with Gasteiger partial charge in [-0.15, -0.1) is 23.5 Å². The van der Waals surface area contributed by atoms with E-state index >= 15 is 0 Å². The van der Waals surface area contributed by atoms with E-state index in [1.54, 1.807) is 18.2 Å². The quantitative estimate of drug-likeness (QED) is 0.0388. The minimum absolute atomic E-state index is 0.00838. The fourth-order valence-electron chi connectivity index (χ4n) is 8.16. The average Bonchev–Trinajstić information content (AvgIpc) is 3.67. The number of carbonyl (C=O) groups excluding carboxylic acids is 3. The molecule has 0 bridgehead atoms. The number of aryl methyl sites for hydroxylation is 3. The van der Waals surface area contributed by atoms with Crippen molar-refractivity contribution in [3.63, 3.8) is 0 Å². The van der Waals surface area contributed by atoms with Gasteiger partial charge in [-0.3, -0.25) is 14.4 Å². The molecule has 0 saturated heterocycles. The molecule has 28 heteroatoms. The van der Waals surface area contributed by atoms with Crippen molar-refractivity contribution in [1.82, 2.24) is 16.0 Å². The highest BCUT2D eigenvalue weighted by Crippen LogP contribution is 2.41. The summed E-state index contributed by atoms with van der Waals surface area (Å²) in [4.78, 5) is 48.2. The molecule has 6 aromatic rings. The molecule has 3 aliphatic heterocycles. The lowest BCUT2D eigenvalue weighted by Gasteiger charge is -2.14. The maximum atomic E-state index is 12.9. The average molecular weight is 1400 g/mol. The molecule has 3 atom stereocenters. The number of thiol groups is 1. The molecular weight excluding hydrogens is 1330 g/mol. The summed E-state index contributed by atoms with van der Waals surface area (Å²) < 4.78 is 134. The van der Waals surface area contributed by atoms with Crippen LogP contribution in [-0.4, -0.2) is 69.3 Å². The molecule has 1 unspecified atom stereocenters. The molecule has 0 radical (unpaired) electrons. The Balaban J connectivity index is 0.000000207. The summed E-state index contributed by atoms with van der Waals surface area (Å²) in [6.45, 7) is 11.6. The number of amides is 3. The molecular formula is C63H64BrF9N6O9S3. The van der Waals surface area contributed by atoms with Gasteiger partial charge in [-0.05, 0) is 143 Å². The van der Waals surface area contributed by atoms with E-state index in [1.165, 1.54) is 80.7 Å². The van der Waals surface area contributed by atoms with E-state index < -0.39 is 35.2 Å². The van der Waals surface area contributed by atoms with E-state index in [4.69, 9.17) is 28.7 Å². The van der Waals surface area contributed by atoms with Gasteiger partial charge in [0.15, 0.2) is 18.3 Å². The molecule has 3 amide bonds. The predicted octanol–water partition coefficient (Wildman–Crippen LogP) is 16.9. The van der Waals surface area contributed by atoms with Crippen LogP contribution < -0.4 is 30.2 Å². The Morgan fingerprint density at radius 1 is 0.495 bits per heavy atom. The van der Waals surface area contributed by atoms with Crippen molar-refractivity contribution in [2.45, 2.75) is 97.6 Å². The van der Waals surface area contributed by atoms with Crippen molar-refractivity contribution in [2.24, 2.45) is 15.5 Å². The van der Waals surface area contributed by atoms with Crippen LogP contribution in [0.4, 0.5) is 39.5 Å². The predicted molar refractivity (Wildman–Crippen MR) is 339 cm³/mol. The van der Waals surface area contributed by atoms with E-state index in [-0.39, 0.29) is 53.3 Å². The normalized spacial score (nSPS) is 15.8. The van der Waals surface area contributed by atoms with E-state index in [0.717, 1.165) is 79.9 Å². The van der Waals surface area contributed by atoms with Gasteiger partial charge >= 0.3 is 18.5 Å². The first-order chi connectivity index (χ1) is 43.0. The van der Waals surface area contributed by atoms with E-state index in [2.05, 4.69) is 60.0 Å². The zero-order valence-electron chi connectivity index (χ0n) is 49.8. The van der Waals surface area contributed by atoms with Crippen LogP contribution >= 0.6 is 52.1 Å². The summed E-state index contributed by atoms with van der Waals surface area (Å²) >= 11 is 10.2. The van der Waals surface area contributed by atoms with Crippen molar-refractivity contribution in [2.75, 3.05) is 36.9 Å². The number of halogens is 10. The van der Waals surface area contributed by atoms with Gasteiger partial charge in [0, 0.05) is 76.9 Å². The fourth-order valence-corrected chi connectivity index (χ4v) is 10.3.